The first kappa shape index (κ1) is 16.9. The van der Waals surface area contributed by atoms with Crippen molar-refractivity contribution in [2.75, 3.05) is 12.4 Å². The van der Waals surface area contributed by atoms with Crippen LogP contribution >= 0.6 is 11.3 Å². The van der Waals surface area contributed by atoms with Crippen LogP contribution < -0.4 is 10.1 Å². The fourth-order valence-corrected chi connectivity index (χ4v) is 3.10. The normalized spacial score (nSPS) is 10.6. The number of hydrogen-bond donors (Lipinski definition) is 1. The fourth-order valence-electron chi connectivity index (χ4n) is 2.40. The SMILES string of the molecule is COc1ccc(-c2cc(C(=O)Nc3nc(-c4ccccn4)cs3)on2)cc1. The van der Waals surface area contributed by atoms with E-state index < -0.39 is 5.91 Å². The molecule has 1 N–H and O–H groups in total. The predicted molar refractivity (Wildman–Crippen MR) is 102 cm³/mol. The highest BCUT2D eigenvalue weighted by molar-refractivity contribution is 7.14. The summed E-state index contributed by atoms with van der Waals surface area (Å²) in [7, 11) is 1.60. The minimum Gasteiger partial charge on any atom is -0.497 e. The number of rotatable bonds is 5. The third kappa shape index (κ3) is 3.70. The molecule has 0 bridgehead atoms. The van der Waals surface area contributed by atoms with Gasteiger partial charge < -0.3 is 9.26 Å². The monoisotopic (exact) mass is 378 g/mol. The Kier molecular flexibility index (Phi) is 4.63. The Morgan fingerprint density at radius 2 is 1.96 bits per heavy atom. The second kappa shape index (κ2) is 7.38. The van der Waals surface area contributed by atoms with E-state index in [1.165, 1.54) is 11.3 Å². The first-order chi connectivity index (χ1) is 13.2. The summed E-state index contributed by atoms with van der Waals surface area (Å²) in [6.45, 7) is 0. The molecule has 0 saturated carbocycles. The third-order valence-electron chi connectivity index (χ3n) is 3.77. The van der Waals surface area contributed by atoms with E-state index in [0.29, 0.717) is 16.5 Å². The van der Waals surface area contributed by atoms with Crippen LogP contribution in [-0.4, -0.2) is 28.1 Å². The summed E-state index contributed by atoms with van der Waals surface area (Å²) in [6, 6.07) is 14.5. The van der Waals surface area contributed by atoms with Crippen molar-refractivity contribution in [1.29, 1.82) is 0 Å². The van der Waals surface area contributed by atoms with Crippen molar-refractivity contribution in [2.45, 2.75) is 0 Å². The molecule has 134 valence electrons. The van der Waals surface area contributed by atoms with Crippen LogP contribution in [0.5, 0.6) is 5.75 Å². The number of nitrogens with zero attached hydrogens (tertiary/aromatic N) is 3. The Morgan fingerprint density at radius 3 is 2.70 bits per heavy atom. The van der Waals surface area contributed by atoms with Crippen LogP contribution in [0.4, 0.5) is 5.13 Å². The molecule has 0 spiro atoms. The van der Waals surface area contributed by atoms with E-state index in [-0.39, 0.29) is 5.76 Å². The molecule has 27 heavy (non-hydrogen) atoms. The van der Waals surface area contributed by atoms with Crippen LogP contribution in [0.25, 0.3) is 22.6 Å². The molecular weight excluding hydrogens is 364 g/mol. The molecule has 0 unspecified atom stereocenters. The molecule has 4 aromatic rings. The van der Waals surface area contributed by atoms with Crippen LogP contribution in [-0.2, 0) is 0 Å². The molecule has 4 rings (SSSR count). The van der Waals surface area contributed by atoms with Crippen molar-refractivity contribution in [1.82, 2.24) is 15.1 Å². The van der Waals surface area contributed by atoms with Gasteiger partial charge in [0.05, 0.1) is 12.8 Å². The van der Waals surface area contributed by atoms with Crippen molar-refractivity contribution in [2.24, 2.45) is 0 Å². The van der Waals surface area contributed by atoms with Gasteiger partial charge in [-0.25, -0.2) is 4.98 Å². The molecule has 0 saturated heterocycles. The highest BCUT2D eigenvalue weighted by Crippen LogP contribution is 2.25. The number of anilines is 1. The van der Waals surface area contributed by atoms with Crippen molar-refractivity contribution < 1.29 is 14.1 Å². The first-order valence-electron chi connectivity index (χ1n) is 8.02. The molecule has 0 aliphatic carbocycles. The van der Waals surface area contributed by atoms with E-state index in [2.05, 4.69) is 20.4 Å². The zero-order valence-corrected chi connectivity index (χ0v) is 15.1. The molecule has 1 amide bonds. The predicted octanol–water partition coefficient (Wildman–Crippen LogP) is 4.12. The minimum absolute atomic E-state index is 0.107. The Hall–Kier alpha value is -3.52. The molecule has 8 heteroatoms. The van der Waals surface area contributed by atoms with Gasteiger partial charge in [0, 0.05) is 23.2 Å². The number of amides is 1. The van der Waals surface area contributed by atoms with Crippen molar-refractivity contribution >= 4 is 22.4 Å². The van der Waals surface area contributed by atoms with Gasteiger partial charge in [-0.05, 0) is 36.4 Å². The molecule has 3 aromatic heterocycles. The zero-order valence-electron chi connectivity index (χ0n) is 14.2. The number of nitrogens with one attached hydrogen (secondary N) is 1. The second-order valence-corrected chi connectivity index (χ2v) is 6.37. The molecule has 1 aromatic carbocycles. The topological polar surface area (TPSA) is 90.1 Å². The molecule has 0 aliphatic rings. The van der Waals surface area contributed by atoms with Gasteiger partial charge in [-0.3, -0.25) is 15.1 Å². The molecule has 7 nitrogen and oxygen atoms in total. The van der Waals surface area contributed by atoms with Gasteiger partial charge in [0.2, 0.25) is 5.76 Å². The maximum Gasteiger partial charge on any atom is 0.296 e. The van der Waals surface area contributed by atoms with Gasteiger partial charge in [0.15, 0.2) is 5.13 Å². The fraction of sp³-hybridized carbons (Fsp3) is 0.0526. The summed E-state index contributed by atoms with van der Waals surface area (Å²) >= 11 is 1.32. The van der Waals surface area contributed by atoms with Crippen LogP contribution in [0.15, 0.2) is 64.6 Å². The Labute approximate surface area is 158 Å². The van der Waals surface area contributed by atoms with Crippen LogP contribution in [0.2, 0.25) is 0 Å². The van der Waals surface area contributed by atoms with Crippen LogP contribution in [0.3, 0.4) is 0 Å². The van der Waals surface area contributed by atoms with E-state index in [1.54, 1.807) is 19.4 Å². The lowest BCUT2D eigenvalue weighted by molar-refractivity contribution is 0.0988. The number of ether oxygens (including phenoxy) is 1. The van der Waals surface area contributed by atoms with E-state index in [0.717, 1.165) is 17.0 Å². The Morgan fingerprint density at radius 1 is 1.11 bits per heavy atom. The van der Waals surface area contributed by atoms with Gasteiger partial charge in [0.1, 0.15) is 17.1 Å². The molecule has 0 atom stereocenters. The quantitative estimate of drug-likeness (QED) is 0.562. The first-order valence-corrected chi connectivity index (χ1v) is 8.90. The van der Waals surface area contributed by atoms with Gasteiger partial charge in [-0.1, -0.05) is 11.2 Å². The summed E-state index contributed by atoms with van der Waals surface area (Å²) in [6.07, 6.45) is 1.70. The smallest absolute Gasteiger partial charge is 0.296 e. The largest absolute Gasteiger partial charge is 0.497 e. The number of carbonyl (C=O) groups is 1. The zero-order chi connectivity index (χ0) is 18.6. The minimum atomic E-state index is -0.413. The number of benzene rings is 1. The summed E-state index contributed by atoms with van der Waals surface area (Å²) in [4.78, 5) is 21.0. The average molecular weight is 378 g/mol. The number of pyridine rings is 1. The van der Waals surface area contributed by atoms with Gasteiger partial charge in [-0.15, -0.1) is 11.3 Å². The lowest BCUT2D eigenvalue weighted by atomic mass is 10.1. The van der Waals surface area contributed by atoms with Crippen molar-refractivity contribution in [3.05, 3.63) is 65.9 Å². The average Bonchev–Trinajstić information content (AvgIpc) is 3.39. The van der Waals surface area contributed by atoms with Crippen LogP contribution in [0.1, 0.15) is 10.6 Å². The van der Waals surface area contributed by atoms with Gasteiger partial charge in [-0.2, -0.15) is 0 Å². The van der Waals surface area contributed by atoms with E-state index in [1.807, 2.05) is 47.8 Å². The summed E-state index contributed by atoms with van der Waals surface area (Å²) in [5.74, 6) is 0.437. The maximum absolute atomic E-state index is 12.4. The molecule has 0 fully saturated rings. The Balaban J connectivity index is 1.47. The summed E-state index contributed by atoms with van der Waals surface area (Å²) in [5, 5.41) is 8.97. The molecular formula is C19H14N4O3S. The molecule has 3 heterocycles. The number of hydrogen-bond acceptors (Lipinski definition) is 7. The second-order valence-electron chi connectivity index (χ2n) is 5.51. The van der Waals surface area contributed by atoms with E-state index >= 15 is 0 Å². The Bertz CT molecular complexity index is 1060. The van der Waals surface area contributed by atoms with Gasteiger partial charge >= 0.3 is 0 Å². The standard InChI is InChI=1S/C19H14N4O3S/c1-25-13-7-5-12(6-8-13)15-10-17(26-23-15)18(24)22-19-21-16(11-27-19)14-4-2-3-9-20-14/h2-11H,1H3,(H,21,22,24). The molecule has 0 aliphatic heterocycles. The van der Waals surface area contributed by atoms with Crippen molar-refractivity contribution in [3.63, 3.8) is 0 Å². The van der Waals surface area contributed by atoms with Gasteiger partial charge in [0.25, 0.3) is 5.91 Å². The lowest BCUT2D eigenvalue weighted by Crippen LogP contribution is -2.10. The summed E-state index contributed by atoms with van der Waals surface area (Å²) < 4.78 is 10.3. The number of methoxy groups -OCH3 is 1. The van der Waals surface area contributed by atoms with Crippen molar-refractivity contribution in [3.8, 4) is 28.4 Å². The lowest BCUT2D eigenvalue weighted by Gasteiger charge is -1.99. The summed E-state index contributed by atoms with van der Waals surface area (Å²) in [5.41, 5.74) is 2.84. The molecule has 0 radical (unpaired) electrons. The number of thiazole rings is 1. The van der Waals surface area contributed by atoms with E-state index in [4.69, 9.17) is 9.26 Å². The van der Waals surface area contributed by atoms with Crippen LogP contribution in [0, 0.1) is 0 Å². The third-order valence-corrected chi connectivity index (χ3v) is 4.53. The maximum atomic E-state index is 12.4. The number of carbonyl (C=O) groups excluding carboxylic acids is 1. The number of aromatic nitrogens is 3. The van der Waals surface area contributed by atoms with E-state index in [9.17, 15) is 4.79 Å². The highest BCUT2D eigenvalue weighted by Gasteiger charge is 2.16. The highest BCUT2D eigenvalue weighted by atomic mass is 32.1.